The normalized spacial score (nSPS) is 10.8. The van der Waals surface area contributed by atoms with E-state index in [0.29, 0.717) is 10.0 Å². The molecule has 1 aromatic heterocycles. The van der Waals surface area contributed by atoms with Crippen LogP contribution in [0.25, 0.3) is 11.3 Å². The SMILES string of the molecule is NCCCCc1nc(-c2cc(Cl)ccc2Cl)cs1. The van der Waals surface area contributed by atoms with Crippen LogP contribution in [0.5, 0.6) is 0 Å². The molecule has 2 N–H and O–H groups in total. The van der Waals surface area contributed by atoms with Crippen molar-refractivity contribution < 1.29 is 0 Å². The summed E-state index contributed by atoms with van der Waals surface area (Å²) in [5, 5.41) is 4.50. The summed E-state index contributed by atoms with van der Waals surface area (Å²) < 4.78 is 0. The van der Waals surface area contributed by atoms with Gasteiger partial charge in [-0.1, -0.05) is 23.2 Å². The van der Waals surface area contributed by atoms with Gasteiger partial charge in [0, 0.05) is 16.0 Å². The predicted octanol–water partition coefficient (Wildman–Crippen LogP) is 4.40. The van der Waals surface area contributed by atoms with Gasteiger partial charge in [0.15, 0.2) is 0 Å². The molecule has 1 aromatic carbocycles. The molecular formula is C13H14Cl2N2S. The molecule has 2 rings (SSSR count). The zero-order valence-corrected chi connectivity index (χ0v) is 12.2. The monoisotopic (exact) mass is 300 g/mol. The zero-order chi connectivity index (χ0) is 13.0. The molecule has 2 nitrogen and oxygen atoms in total. The van der Waals surface area contributed by atoms with E-state index >= 15 is 0 Å². The van der Waals surface area contributed by atoms with E-state index in [1.807, 2.05) is 11.4 Å². The van der Waals surface area contributed by atoms with Crippen molar-refractivity contribution in [2.75, 3.05) is 6.54 Å². The molecule has 0 aliphatic carbocycles. The Hall–Kier alpha value is -0.610. The quantitative estimate of drug-likeness (QED) is 0.831. The minimum absolute atomic E-state index is 0.673. The van der Waals surface area contributed by atoms with Crippen LogP contribution in [-0.4, -0.2) is 11.5 Å². The van der Waals surface area contributed by atoms with Crippen LogP contribution in [0.3, 0.4) is 0 Å². The van der Waals surface area contributed by atoms with Crippen molar-refractivity contribution in [3.63, 3.8) is 0 Å². The van der Waals surface area contributed by atoms with E-state index in [0.717, 1.165) is 42.1 Å². The van der Waals surface area contributed by atoms with Crippen LogP contribution in [0, 0.1) is 0 Å². The third-order valence-corrected chi connectivity index (χ3v) is 4.07. The zero-order valence-electron chi connectivity index (χ0n) is 9.83. The highest BCUT2D eigenvalue weighted by atomic mass is 35.5. The maximum Gasteiger partial charge on any atom is 0.0932 e. The van der Waals surface area contributed by atoms with Crippen LogP contribution < -0.4 is 5.73 Å². The second kappa shape index (κ2) is 6.53. The molecule has 0 aliphatic heterocycles. The Morgan fingerprint density at radius 3 is 2.83 bits per heavy atom. The minimum atomic E-state index is 0.673. The number of nitrogens with zero attached hydrogens (tertiary/aromatic N) is 1. The number of aryl methyl sites for hydroxylation is 1. The molecule has 0 bridgehead atoms. The standard InChI is InChI=1S/C13H14Cl2N2S/c14-9-4-5-11(15)10(7-9)12-8-18-13(17-12)3-1-2-6-16/h4-5,7-8H,1-3,6,16H2. The summed E-state index contributed by atoms with van der Waals surface area (Å²) in [4.78, 5) is 4.59. The van der Waals surface area contributed by atoms with Crippen molar-refractivity contribution in [1.29, 1.82) is 0 Å². The first-order valence-electron chi connectivity index (χ1n) is 5.80. The number of halogens is 2. The Balaban J connectivity index is 2.16. The van der Waals surface area contributed by atoms with Crippen molar-refractivity contribution in [1.82, 2.24) is 4.98 Å². The number of hydrogen-bond acceptors (Lipinski definition) is 3. The average Bonchev–Trinajstić information content (AvgIpc) is 2.81. The molecule has 0 saturated heterocycles. The van der Waals surface area contributed by atoms with Crippen LogP contribution in [-0.2, 0) is 6.42 Å². The molecule has 1 heterocycles. The Morgan fingerprint density at radius 2 is 2.06 bits per heavy atom. The minimum Gasteiger partial charge on any atom is -0.330 e. The molecule has 0 unspecified atom stereocenters. The summed E-state index contributed by atoms with van der Waals surface area (Å²) in [5.74, 6) is 0. The van der Waals surface area contributed by atoms with Gasteiger partial charge in [-0.3, -0.25) is 0 Å². The lowest BCUT2D eigenvalue weighted by atomic mass is 10.2. The van der Waals surface area contributed by atoms with Gasteiger partial charge >= 0.3 is 0 Å². The fourth-order valence-electron chi connectivity index (χ4n) is 1.66. The predicted molar refractivity (Wildman–Crippen MR) is 79.6 cm³/mol. The van der Waals surface area contributed by atoms with Crippen LogP contribution in [0.15, 0.2) is 23.6 Å². The van der Waals surface area contributed by atoms with Gasteiger partial charge in [-0.25, -0.2) is 4.98 Å². The van der Waals surface area contributed by atoms with Gasteiger partial charge in [0.1, 0.15) is 0 Å². The van der Waals surface area contributed by atoms with Crippen molar-refractivity contribution in [3.05, 3.63) is 38.6 Å². The van der Waals surface area contributed by atoms with Crippen LogP contribution in [0.4, 0.5) is 0 Å². The molecule has 0 fully saturated rings. The Morgan fingerprint density at radius 1 is 1.22 bits per heavy atom. The van der Waals surface area contributed by atoms with Crippen LogP contribution in [0.2, 0.25) is 10.0 Å². The number of benzene rings is 1. The number of thiazole rings is 1. The van der Waals surface area contributed by atoms with Crippen LogP contribution >= 0.6 is 34.5 Å². The Labute approximate surface area is 121 Å². The number of hydrogen-bond donors (Lipinski definition) is 1. The van der Waals surface area contributed by atoms with E-state index in [9.17, 15) is 0 Å². The first-order valence-corrected chi connectivity index (χ1v) is 7.44. The van der Waals surface area contributed by atoms with E-state index in [2.05, 4.69) is 4.98 Å². The third-order valence-electron chi connectivity index (χ3n) is 2.60. The molecule has 0 spiro atoms. The first-order chi connectivity index (χ1) is 8.70. The maximum absolute atomic E-state index is 6.16. The van der Waals surface area contributed by atoms with Gasteiger partial charge in [0.2, 0.25) is 0 Å². The fraction of sp³-hybridized carbons (Fsp3) is 0.308. The van der Waals surface area contributed by atoms with E-state index in [4.69, 9.17) is 28.9 Å². The van der Waals surface area contributed by atoms with E-state index in [1.165, 1.54) is 0 Å². The highest BCUT2D eigenvalue weighted by Gasteiger charge is 2.08. The summed E-state index contributed by atoms with van der Waals surface area (Å²) >= 11 is 13.8. The molecule has 96 valence electrons. The maximum atomic E-state index is 6.16. The highest BCUT2D eigenvalue weighted by Crippen LogP contribution is 2.31. The molecule has 2 aromatic rings. The second-order valence-electron chi connectivity index (χ2n) is 4.00. The molecule has 0 atom stereocenters. The number of rotatable bonds is 5. The summed E-state index contributed by atoms with van der Waals surface area (Å²) in [6.45, 7) is 0.734. The average molecular weight is 301 g/mol. The van der Waals surface area contributed by atoms with Gasteiger partial charge in [-0.05, 0) is 44.0 Å². The Bertz CT molecular complexity index is 525. The van der Waals surface area contributed by atoms with Crippen molar-refractivity contribution in [2.24, 2.45) is 5.73 Å². The van der Waals surface area contributed by atoms with Gasteiger partial charge in [-0.2, -0.15) is 0 Å². The smallest absolute Gasteiger partial charge is 0.0932 e. The van der Waals surface area contributed by atoms with Crippen LogP contribution in [0.1, 0.15) is 17.8 Å². The number of unbranched alkanes of at least 4 members (excludes halogenated alkanes) is 1. The summed E-state index contributed by atoms with van der Waals surface area (Å²) in [5.41, 5.74) is 7.27. The second-order valence-corrected chi connectivity index (χ2v) is 5.78. The number of aromatic nitrogens is 1. The lowest BCUT2D eigenvalue weighted by Gasteiger charge is -2.01. The van der Waals surface area contributed by atoms with E-state index in [1.54, 1.807) is 23.5 Å². The first kappa shape index (κ1) is 13.8. The lowest BCUT2D eigenvalue weighted by Crippen LogP contribution is -1.98. The van der Waals surface area contributed by atoms with E-state index < -0.39 is 0 Å². The molecule has 18 heavy (non-hydrogen) atoms. The summed E-state index contributed by atoms with van der Waals surface area (Å²) in [6, 6.07) is 5.43. The fourth-order valence-corrected chi connectivity index (χ4v) is 2.89. The topological polar surface area (TPSA) is 38.9 Å². The lowest BCUT2D eigenvalue weighted by molar-refractivity contribution is 0.742. The van der Waals surface area contributed by atoms with Crippen molar-refractivity contribution in [2.45, 2.75) is 19.3 Å². The van der Waals surface area contributed by atoms with Gasteiger partial charge in [0.25, 0.3) is 0 Å². The van der Waals surface area contributed by atoms with Gasteiger partial charge < -0.3 is 5.73 Å². The highest BCUT2D eigenvalue weighted by molar-refractivity contribution is 7.09. The largest absolute Gasteiger partial charge is 0.330 e. The summed E-state index contributed by atoms with van der Waals surface area (Å²) in [6.07, 6.45) is 3.08. The molecular weight excluding hydrogens is 287 g/mol. The molecule has 0 aliphatic rings. The molecule has 5 heteroatoms. The van der Waals surface area contributed by atoms with Crippen molar-refractivity contribution in [3.8, 4) is 11.3 Å². The van der Waals surface area contributed by atoms with E-state index in [-0.39, 0.29) is 0 Å². The molecule has 0 amide bonds. The molecule has 0 saturated carbocycles. The van der Waals surface area contributed by atoms with Gasteiger partial charge in [-0.15, -0.1) is 11.3 Å². The summed E-state index contributed by atoms with van der Waals surface area (Å²) in [7, 11) is 0. The third kappa shape index (κ3) is 3.45. The van der Waals surface area contributed by atoms with Gasteiger partial charge in [0.05, 0.1) is 15.7 Å². The number of nitrogens with two attached hydrogens (primary N) is 1. The molecule has 0 radical (unpaired) electrons. The Kier molecular flexibility index (Phi) is 5.01. The van der Waals surface area contributed by atoms with Crippen molar-refractivity contribution >= 4 is 34.5 Å².